The normalized spacial score (nSPS) is 14.8. The summed E-state index contributed by atoms with van der Waals surface area (Å²) < 4.78 is 16.1. The van der Waals surface area contributed by atoms with Gasteiger partial charge in [0.2, 0.25) is 0 Å². The van der Waals surface area contributed by atoms with Gasteiger partial charge in [-0.25, -0.2) is 9.59 Å². The molecule has 1 aromatic rings. The number of unbranched alkanes of at least 4 members (excludes halogenated alkanes) is 3. The highest BCUT2D eigenvalue weighted by Crippen LogP contribution is 2.39. The first-order chi connectivity index (χ1) is 13.9. The fourth-order valence-electron chi connectivity index (χ4n) is 3.55. The van der Waals surface area contributed by atoms with Crippen molar-refractivity contribution in [3.8, 4) is 0 Å². The van der Waals surface area contributed by atoms with Gasteiger partial charge >= 0.3 is 11.9 Å². The Hall–Kier alpha value is -2.57. The molecular weight excluding hydrogens is 372 g/mol. The Kier molecular flexibility index (Phi) is 8.49. The molecule has 160 valence electrons. The van der Waals surface area contributed by atoms with Crippen LogP contribution in [-0.2, 0) is 25.5 Å². The monoisotopic (exact) mass is 404 g/mol. The first-order valence-corrected chi connectivity index (χ1v) is 10.4. The summed E-state index contributed by atoms with van der Waals surface area (Å²) in [6.45, 7) is 9.70. The molecule has 0 unspecified atom stereocenters. The second kappa shape index (κ2) is 10.8. The number of aryl methyl sites for hydroxylation is 1. The van der Waals surface area contributed by atoms with Crippen molar-refractivity contribution in [3.63, 3.8) is 0 Å². The lowest BCUT2D eigenvalue weighted by Gasteiger charge is -2.28. The fraction of sp³-hybridized carbons (Fsp3) is 0.591. The third-order valence-corrected chi connectivity index (χ3v) is 4.90. The number of carbonyl (C=O) groups is 2. The number of allylic oxidation sites excluding steroid dienone is 2. The molecule has 7 heteroatoms. The zero-order chi connectivity index (χ0) is 21.4. The molecule has 2 heterocycles. The molecular formula is C22H32N2O5. The highest BCUT2D eigenvalue weighted by Gasteiger charge is 2.40. The summed E-state index contributed by atoms with van der Waals surface area (Å²) in [5.74, 6) is -1.25. The smallest absolute Gasteiger partial charge is 0.336 e. The van der Waals surface area contributed by atoms with E-state index in [2.05, 4.69) is 17.4 Å². The van der Waals surface area contributed by atoms with Gasteiger partial charge in [0, 0.05) is 17.5 Å². The van der Waals surface area contributed by atoms with E-state index >= 15 is 0 Å². The van der Waals surface area contributed by atoms with E-state index in [-0.39, 0.29) is 13.2 Å². The van der Waals surface area contributed by atoms with Crippen molar-refractivity contribution in [2.24, 2.45) is 0 Å². The van der Waals surface area contributed by atoms with Gasteiger partial charge in [-0.2, -0.15) is 0 Å². The van der Waals surface area contributed by atoms with E-state index in [1.165, 1.54) is 12.8 Å². The standard InChI is InChI=1S/C22H32N2O5/c1-6-9-10-11-12-16-13-17(29-24-16)20-18(21(25)27-7-2)14(4)23-15(5)19(20)22(26)28-8-3/h13,20,23H,6-12H2,1-5H3. The van der Waals surface area contributed by atoms with Gasteiger partial charge in [-0.05, 0) is 40.5 Å². The number of nitrogens with zero attached hydrogens (tertiary/aromatic N) is 1. The largest absolute Gasteiger partial charge is 0.463 e. The molecule has 7 nitrogen and oxygen atoms in total. The van der Waals surface area contributed by atoms with E-state index in [1.807, 2.05) is 6.07 Å². The van der Waals surface area contributed by atoms with Crippen LogP contribution < -0.4 is 5.32 Å². The van der Waals surface area contributed by atoms with E-state index in [0.29, 0.717) is 28.3 Å². The molecule has 0 fully saturated rings. The number of dihydropyridines is 1. The van der Waals surface area contributed by atoms with Gasteiger partial charge in [0.15, 0.2) is 0 Å². The number of ether oxygens (including phenoxy) is 2. The molecule has 1 N–H and O–H groups in total. The number of nitrogens with one attached hydrogen (secondary N) is 1. The quantitative estimate of drug-likeness (QED) is 0.462. The lowest BCUT2D eigenvalue weighted by Crippen LogP contribution is -2.32. The summed E-state index contributed by atoms with van der Waals surface area (Å²) in [4.78, 5) is 25.4. The zero-order valence-electron chi connectivity index (χ0n) is 18.1. The Morgan fingerprint density at radius 3 is 2.10 bits per heavy atom. The third kappa shape index (κ3) is 5.49. The lowest BCUT2D eigenvalue weighted by molar-refractivity contribution is -0.139. The lowest BCUT2D eigenvalue weighted by atomic mass is 9.83. The number of hydrogen-bond acceptors (Lipinski definition) is 7. The van der Waals surface area contributed by atoms with Gasteiger partial charge in [0.05, 0.1) is 36.0 Å². The zero-order valence-corrected chi connectivity index (χ0v) is 18.1. The molecule has 1 aromatic heterocycles. The van der Waals surface area contributed by atoms with Crippen LogP contribution >= 0.6 is 0 Å². The highest BCUT2D eigenvalue weighted by atomic mass is 16.5. The van der Waals surface area contributed by atoms with Crippen molar-refractivity contribution in [2.45, 2.75) is 72.6 Å². The number of esters is 2. The summed E-state index contributed by atoms with van der Waals surface area (Å²) in [5, 5.41) is 7.28. The Morgan fingerprint density at radius 1 is 1.00 bits per heavy atom. The average Bonchev–Trinajstić information content (AvgIpc) is 3.13. The molecule has 0 aliphatic carbocycles. The van der Waals surface area contributed by atoms with Gasteiger partial charge in [-0.1, -0.05) is 31.3 Å². The van der Waals surface area contributed by atoms with Gasteiger partial charge in [-0.15, -0.1) is 0 Å². The van der Waals surface area contributed by atoms with Gasteiger partial charge in [0.1, 0.15) is 5.76 Å². The molecule has 0 radical (unpaired) electrons. The van der Waals surface area contributed by atoms with Crippen LogP contribution in [0.25, 0.3) is 0 Å². The average molecular weight is 405 g/mol. The minimum Gasteiger partial charge on any atom is -0.463 e. The Labute approximate surface area is 172 Å². The molecule has 0 aromatic carbocycles. The van der Waals surface area contributed by atoms with Crippen LogP contribution in [0, 0.1) is 0 Å². The van der Waals surface area contributed by atoms with Crippen LogP contribution in [0.3, 0.4) is 0 Å². The summed E-state index contributed by atoms with van der Waals surface area (Å²) in [6, 6.07) is 1.83. The van der Waals surface area contributed by atoms with E-state index in [1.54, 1.807) is 27.7 Å². The predicted octanol–water partition coefficient (Wildman–Crippen LogP) is 4.16. The molecule has 1 aliphatic heterocycles. The minimum absolute atomic E-state index is 0.235. The van der Waals surface area contributed by atoms with Crippen molar-refractivity contribution in [2.75, 3.05) is 13.2 Å². The number of rotatable bonds is 10. The van der Waals surface area contributed by atoms with Crippen LogP contribution in [0.15, 0.2) is 33.1 Å². The van der Waals surface area contributed by atoms with Crippen molar-refractivity contribution in [1.29, 1.82) is 0 Å². The first kappa shape index (κ1) is 22.7. The van der Waals surface area contributed by atoms with E-state index in [4.69, 9.17) is 14.0 Å². The second-order valence-electron chi connectivity index (χ2n) is 7.11. The van der Waals surface area contributed by atoms with Crippen LogP contribution in [-0.4, -0.2) is 30.3 Å². The highest BCUT2D eigenvalue weighted by molar-refractivity contribution is 5.99. The van der Waals surface area contributed by atoms with Gasteiger partial charge in [0.25, 0.3) is 0 Å². The van der Waals surface area contributed by atoms with Crippen LogP contribution in [0.1, 0.15) is 77.7 Å². The molecule has 0 bridgehead atoms. The SMILES string of the molecule is CCCCCCc1cc(C2C(C(=O)OCC)=C(C)NC(C)=C2C(=O)OCC)on1. The third-order valence-electron chi connectivity index (χ3n) is 4.90. The molecule has 0 amide bonds. The molecule has 0 atom stereocenters. The minimum atomic E-state index is -0.716. The van der Waals surface area contributed by atoms with Crippen molar-refractivity contribution in [1.82, 2.24) is 10.5 Å². The number of aromatic nitrogens is 1. The Morgan fingerprint density at radius 2 is 1.59 bits per heavy atom. The van der Waals surface area contributed by atoms with E-state index < -0.39 is 17.9 Å². The second-order valence-corrected chi connectivity index (χ2v) is 7.11. The van der Waals surface area contributed by atoms with Crippen molar-refractivity contribution >= 4 is 11.9 Å². The van der Waals surface area contributed by atoms with Crippen molar-refractivity contribution in [3.05, 3.63) is 40.1 Å². The maximum atomic E-state index is 12.7. The number of carbonyl (C=O) groups excluding carboxylic acids is 2. The summed E-state index contributed by atoms with van der Waals surface area (Å²) in [5.41, 5.74) is 2.75. The van der Waals surface area contributed by atoms with Crippen LogP contribution in [0.4, 0.5) is 0 Å². The molecule has 1 aliphatic rings. The molecule has 0 saturated carbocycles. The van der Waals surface area contributed by atoms with Crippen LogP contribution in [0.5, 0.6) is 0 Å². The van der Waals surface area contributed by atoms with Gasteiger partial charge < -0.3 is 19.3 Å². The Bertz CT molecular complexity index is 751. The van der Waals surface area contributed by atoms with E-state index in [0.717, 1.165) is 25.0 Å². The molecule has 2 rings (SSSR count). The van der Waals surface area contributed by atoms with Crippen LogP contribution in [0.2, 0.25) is 0 Å². The molecule has 29 heavy (non-hydrogen) atoms. The van der Waals surface area contributed by atoms with E-state index in [9.17, 15) is 9.59 Å². The maximum Gasteiger partial charge on any atom is 0.336 e. The predicted molar refractivity (Wildman–Crippen MR) is 109 cm³/mol. The molecule has 0 spiro atoms. The summed E-state index contributed by atoms with van der Waals surface area (Å²) in [6.07, 6.45) is 5.29. The summed E-state index contributed by atoms with van der Waals surface area (Å²) >= 11 is 0. The Balaban J connectivity index is 2.41. The topological polar surface area (TPSA) is 90.7 Å². The number of hydrogen-bond donors (Lipinski definition) is 1. The maximum absolute atomic E-state index is 12.7. The molecule has 0 saturated heterocycles. The fourth-order valence-corrected chi connectivity index (χ4v) is 3.55. The van der Waals surface area contributed by atoms with Gasteiger partial charge in [-0.3, -0.25) is 0 Å². The first-order valence-electron chi connectivity index (χ1n) is 10.4. The summed E-state index contributed by atoms with van der Waals surface area (Å²) in [7, 11) is 0. The van der Waals surface area contributed by atoms with Crippen molar-refractivity contribution < 1.29 is 23.6 Å².